The number of rotatable bonds is 9. The predicted octanol–water partition coefficient (Wildman–Crippen LogP) is 4.67. The number of ether oxygens (including phenoxy) is 2. The highest BCUT2D eigenvalue weighted by molar-refractivity contribution is 7.18. The molecular weight excluding hydrogens is 595 g/mol. The summed E-state index contributed by atoms with van der Waals surface area (Å²) in [6.45, 7) is 7.69. The first kappa shape index (κ1) is 29.6. The van der Waals surface area contributed by atoms with Crippen LogP contribution in [0.15, 0.2) is 54.7 Å². The SMILES string of the molecule is C=CC(=O)N1CC(n2cc(-c3nc(N4CC5(CCNCC5)CC4=O)c4ccsc4c3-c3ccc(F)cc3OCCOC)cn2)C1. The van der Waals surface area contributed by atoms with Gasteiger partial charge in [0.15, 0.2) is 0 Å². The van der Waals surface area contributed by atoms with E-state index in [9.17, 15) is 14.0 Å². The number of likely N-dealkylation sites (tertiary alicyclic amines) is 1. The lowest BCUT2D eigenvalue weighted by Crippen LogP contribution is -2.50. The van der Waals surface area contributed by atoms with Gasteiger partial charge in [0.25, 0.3) is 0 Å². The quantitative estimate of drug-likeness (QED) is 0.212. The molecule has 1 spiro atoms. The van der Waals surface area contributed by atoms with E-state index < -0.39 is 5.82 Å². The number of carbonyl (C=O) groups is 2. The van der Waals surface area contributed by atoms with E-state index >= 15 is 0 Å². The van der Waals surface area contributed by atoms with Gasteiger partial charge >= 0.3 is 0 Å². The number of hydrogen-bond donors (Lipinski definition) is 1. The summed E-state index contributed by atoms with van der Waals surface area (Å²) in [4.78, 5) is 34.5. The first-order chi connectivity index (χ1) is 21.9. The molecule has 6 heterocycles. The van der Waals surface area contributed by atoms with E-state index in [0.717, 1.165) is 47.1 Å². The molecule has 0 unspecified atom stereocenters. The molecule has 3 aliphatic heterocycles. The van der Waals surface area contributed by atoms with Crippen LogP contribution >= 0.6 is 11.3 Å². The van der Waals surface area contributed by atoms with Crippen molar-refractivity contribution in [1.29, 1.82) is 0 Å². The second-order valence-electron chi connectivity index (χ2n) is 12.0. The Labute approximate surface area is 264 Å². The van der Waals surface area contributed by atoms with Crippen LogP contribution in [0.3, 0.4) is 0 Å². The molecule has 1 N–H and O–H groups in total. The number of halogens is 1. The predicted molar refractivity (Wildman–Crippen MR) is 171 cm³/mol. The lowest BCUT2D eigenvalue weighted by atomic mass is 9.78. The molecule has 234 valence electrons. The molecule has 4 aromatic rings. The standard InChI is InChI=1S/C33H35FN6O4S/c1-3-27(41)38-18-23(19-38)40-17-21(16-36-40)30-29(24-5-4-22(34)14-26(24)44-12-11-43-2)31-25(6-13-45-31)32(37-30)39-20-33(15-28(39)42)7-9-35-10-8-33/h3-6,13-14,16-17,23,35H,1,7-12,15,18-20H2,2H3. The van der Waals surface area contributed by atoms with Crippen molar-refractivity contribution in [3.05, 3.63) is 60.5 Å². The van der Waals surface area contributed by atoms with Crippen molar-refractivity contribution in [3.8, 4) is 28.1 Å². The Balaban J connectivity index is 1.36. The van der Waals surface area contributed by atoms with Crippen LogP contribution in [-0.2, 0) is 14.3 Å². The van der Waals surface area contributed by atoms with Crippen molar-refractivity contribution in [2.45, 2.75) is 25.3 Å². The Morgan fingerprint density at radius 1 is 1.24 bits per heavy atom. The monoisotopic (exact) mass is 630 g/mol. The largest absolute Gasteiger partial charge is 0.490 e. The highest BCUT2D eigenvalue weighted by Crippen LogP contribution is 2.48. The highest BCUT2D eigenvalue weighted by Gasteiger charge is 2.45. The number of anilines is 1. The van der Waals surface area contributed by atoms with Gasteiger partial charge in [-0.25, -0.2) is 9.37 Å². The van der Waals surface area contributed by atoms with Gasteiger partial charge < -0.3 is 19.7 Å². The van der Waals surface area contributed by atoms with Gasteiger partial charge in [0.2, 0.25) is 11.8 Å². The molecule has 0 atom stereocenters. The third-order valence-corrected chi connectivity index (χ3v) is 10.1. The highest BCUT2D eigenvalue weighted by atomic mass is 32.1. The average molecular weight is 631 g/mol. The molecule has 0 aliphatic carbocycles. The van der Waals surface area contributed by atoms with Gasteiger partial charge in [-0.2, -0.15) is 5.10 Å². The Morgan fingerprint density at radius 3 is 2.84 bits per heavy atom. The number of methoxy groups -OCH3 is 1. The van der Waals surface area contributed by atoms with Crippen LogP contribution in [0.4, 0.5) is 10.2 Å². The Kier molecular flexibility index (Phi) is 7.88. The number of amides is 2. The Morgan fingerprint density at radius 2 is 2.07 bits per heavy atom. The third kappa shape index (κ3) is 5.40. The number of benzene rings is 1. The number of hydrogen-bond acceptors (Lipinski definition) is 8. The first-order valence-corrected chi connectivity index (χ1v) is 16.1. The van der Waals surface area contributed by atoms with Gasteiger partial charge in [0.05, 0.1) is 24.5 Å². The zero-order valence-corrected chi connectivity index (χ0v) is 25.9. The van der Waals surface area contributed by atoms with Gasteiger partial charge in [0, 0.05) is 72.2 Å². The summed E-state index contributed by atoms with van der Waals surface area (Å²) in [5, 5.41) is 11.0. The van der Waals surface area contributed by atoms with Crippen LogP contribution in [-0.4, -0.2) is 84.5 Å². The van der Waals surface area contributed by atoms with Crippen molar-refractivity contribution in [1.82, 2.24) is 25.0 Å². The van der Waals surface area contributed by atoms with Crippen LogP contribution in [0, 0.1) is 11.2 Å². The van der Waals surface area contributed by atoms with Gasteiger partial charge in [-0.1, -0.05) is 6.58 Å². The molecule has 3 aliphatic rings. The molecule has 45 heavy (non-hydrogen) atoms. The Hall–Kier alpha value is -4.13. The van der Waals surface area contributed by atoms with Gasteiger partial charge in [-0.05, 0) is 61.0 Å². The zero-order valence-electron chi connectivity index (χ0n) is 25.1. The fraction of sp³-hybridized carbons (Fsp3) is 0.394. The summed E-state index contributed by atoms with van der Waals surface area (Å²) >= 11 is 1.55. The third-order valence-electron chi connectivity index (χ3n) is 9.18. The number of carbonyl (C=O) groups excluding carboxylic acids is 2. The molecule has 0 radical (unpaired) electrons. The summed E-state index contributed by atoms with van der Waals surface area (Å²) in [6.07, 6.45) is 7.43. The van der Waals surface area contributed by atoms with Crippen LogP contribution < -0.4 is 15.0 Å². The number of thiophene rings is 1. The maximum absolute atomic E-state index is 14.6. The molecule has 3 aromatic heterocycles. The number of nitrogens with zero attached hydrogens (tertiary/aromatic N) is 5. The van der Waals surface area contributed by atoms with E-state index in [1.165, 1.54) is 18.2 Å². The van der Waals surface area contributed by atoms with Crippen LogP contribution in [0.5, 0.6) is 5.75 Å². The van der Waals surface area contributed by atoms with E-state index in [4.69, 9.17) is 14.5 Å². The molecule has 12 heteroatoms. The number of nitrogens with one attached hydrogen (secondary N) is 1. The summed E-state index contributed by atoms with van der Waals surface area (Å²) in [5.74, 6) is 0.584. The molecule has 0 bridgehead atoms. The molecule has 10 nitrogen and oxygen atoms in total. The van der Waals surface area contributed by atoms with Gasteiger partial charge in [-0.3, -0.25) is 19.2 Å². The van der Waals surface area contributed by atoms with Crippen molar-refractivity contribution in [3.63, 3.8) is 0 Å². The summed E-state index contributed by atoms with van der Waals surface area (Å²) in [5.41, 5.74) is 2.80. The lowest BCUT2D eigenvalue weighted by molar-refractivity contribution is -0.131. The van der Waals surface area contributed by atoms with E-state index in [1.54, 1.807) is 35.6 Å². The second-order valence-corrected chi connectivity index (χ2v) is 12.9. The van der Waals surface area contributed by atoms with Crippen molar-refractivity contribution >= 4 is 39.1 Å². The molecule has 3 saturated heterocycles. The lowest BCUT2D eigenvalue weighted by Gasteiger charge is -2.38. The fourth-order valence-electron chi connectivity index (χ4n) is 6.70. The van der Waals surface area contributed by atoms with Crippen LogP contribution in [0.2, 0.25) is 0 Å². The van der Waals surface area contributed by atoms with Crippen LogP contribution in [0.25, 0.3) is 32.5 Å². The summed E-state index contributed by atoms with van der Waals surface area (Å²) in [6, 6.07) is 6.56. The molecule has 0 saturated carbocycles. The topological polar surface area (TPSA) is 102 Å². The van der Waals surface area contributed by atoms with E-state index in [2.05, 4.69) is 17.0 Å². The molecular formula is C33H35FN6O4S. The van der Waals surface area contributed by atoms with Gasteiger partial charge in [-0.15, -0.1) is 11.3 Å². The van der Waals surface area contributed by atoms with E-state index in [1.807, 2.05) is 27.2 Å². The van der Waals surface area contributed by atoms with E-state index in [-0.39, 0.29) is 29.9 Å². The maximum Gasteiger partial charge on any atom is 0.246 e. The maximum atomic E-state index is 14.6. The van der Waals surface area contributed by atoms with Crippen LogP contribution in [0.1, 0.15) is 25.3 Å². The molecule has 7 rings (SSSR count). The normalized spacial score (nSPS) is 18.1. The Bertz CT molecular complexity index is 1770. The summed E-state index contributed by atoms with van der Waals surface area (Å²) in [7, 11) is 1.59. The van der Waals surface area contributed by atoms with Crippen molar-refractivity contribution in [2.75, 3.05) is 57.9 Å². The fourth-order valence-corrected chi connectivity index (χ4v) is 7.65. The smallest absolute Gasteiger partial charge is 0.246 e. The zero-order chi connectivity index (χ0) is 31.1. The van der Waals surface area contributed by atoms with Gasteiger partial charge in [0.1, 0.15) is 24.0 Å². The molecule has 2 amide bonds. The molecule has 3 fully saturated rings. The number of pyridine rings is 1. The number of piperidine rings is 1. The minimum atomic E-state index is -0.411. The van der Waals surface area contributed by atoms with E-state index in [0.29, 0.717) is 55.5 Å². The number of fused-ring (bicyclic) bond motifs is 1. The first-order valence-electron chi connectivity index (χ1n) is 15.2. The van der Waals surface area contributed by atoms with Crippen molar-refractivity contribution < 1.29 is 23.5 Å². The average Bonchev–Trinajstić information content (AvgIpc) is 3.76. The van der Waals surface area contributed by atoms with Crippen molar-refractivity contribution in [2.24, 2.45) is 5.41 Å². The minimum absolute atomic E-state index is 0.0229. The minimum Gasteiger partial charge on any atom is -0.490 e. The number of aromatic nitrogens is 3. The second kappa shape index (κ2) is 12.0. The summed E-state index contributed by atoms with van der Waals surface area (Å²) < 4.78 is 28.6. The molecule has 1 aromatic carbocycles.